The van der Waals surface area contributed by atoms with Gasteiger partial charge in [-0.15, -0.1) is 0 Å². The van der Waals surface area contributed by atoms with Crippen LogP contribution in [0.4, 0.5) is 5.82 Å². The Balaban J connectivity index is 1.11. The molecular formula is C23H27N7O2S. The van der Waals surface area contributed by atoms with Crippen LogP contribution in [0.15, 0.2) is 35.6 Å². The molecule has 5 rings (SSSR count). The van der Waals surface area contributed by atoms with Crippen LogP contribution in [0.5, 0.6) is 5.88 Å². The fourth-order valence-corrected chi connectivity index (χ4v) is 5.01. The molecule has 0 bridgehead atoms. The molecule has 1 aliphatic carbocycles. The number of anilines is 1. The Labute approximate surface area is 196 Å². The minimum absolute atomic E-state index is 0.0209. The molecule has 0 aromatic carbocycles. The normalized spacial score (nSPS) is 20.3. The fraction of sp³-hybridized carbons (Fsp3) is 0.435. The molecule has 10 heteroatoms. The molecule has 0 spiro atoms. The van der Waals surface area contributed by atoms with E-state index < -0.39 is 0 Å². The Hall–Kier alpha value is -2.82. The minimum Gasteiger partial charge on any atom is -0.481 e. The summed E-state index contributed by atoms with van der Waals surface area (Å²) in [6.45, 7) is 1.41. The summed E-state index contributed by atoms with van der Waals surface area (Å²) >= 11 is 1.43. The van der Waals surface area contributed by atoms with E-state index in [4.69, 9.17) is 4.74 Å². The molecule has 3 aromatic heterocycles. The lowest BCUT2D eigenvalue weighted by Crippen LogP contribution is -2.39. The number of hydrogen-bond donors (Lipinski definition) is 3. The van der Waals surface area contributed by atoms with Crippen molar-refractivity contribution in [3.63, 3.8) is 0 Å². The van der Waals surface area contributed by atoms with Crippen LogP contribution < -0.4 is 20.7 Å². The molecule has 3 aromatic rings. The highest BCUT2D eigenvalue weighted by atomic mass is 32.2. The lowest BCUT2D eigenvalue weighted by Gasteiger charge is -2.30. The van der Waals surface area contributed by atoms with Crippen molar-refractivity contribution in [2.75, 3.05) is 18.2 Å². The highest BCUT2D eigenvalue weighted by Crippen LogP contribution is 2.27. The predicted molar refractivity (Wildman–Crippen MR) is 127 cm³/mol. The first-order valence-electron chi connectivity index (χ1n) is 11.2. The zero-order valence-corrected chi connectivity index (χ0v) is 19.3. The van der Waals surface area contributed by atoms with Crippen molar-refractivity contribution >= 4 is 34.5 Å². The lowest BCUT2D eigenvalue weighted by atomic mass is 9.91. The Morgan fingerprint density at radius 3 is 2.64 bits per heavy atom. The molecule has 0 atom stereocenters. The van der Waals surface area contributed by atoms with E-state index in [-0.39, 0.29) is 5.91 Å². The molecular weight excluding hydrogens is 438 g/mol. The van der Waals surface area contributed by atoms with Gasteiger partial charge in [-0.2, -0.15) is 0 Å². The van der Waals surface area contributed by atoms with Crippen LogP contribution in [0.1, 0.15) is 36.9 Å². The van der Waals surface area contributed by atoms with Gasteiger partial charge in [0.2, 0.25) is 11.8 Å². The van der Waals surface area contributed by atoms with Gasteiger partial charge in [0.05, 0.1) is 35.8 Å². The number of carbonyl (C=O) groups is 1. The maximum atomic E-state index is 11.6. The van der Waals surface area contributed by atoms with Crippen molar-refractivity contribution in [3.8, 4) is 5.88 Å². The third-order valence-electron chi connectivity index (χ3n) is 6.12. The zero-order valence-electron chi connectivity index (χ0n) is 18.5. The standard InChI is InChI=1S/C23H27N7O2S/c1-32-20-7-6-18-21(30-20)14(8-9-24-18)10-25-15-2-4-16(5-3-15)26-11-17-12-27-23-22(28-17)29-19(31)13-33-23/h6-9,12,15-16,25-26H,2-5,10-11,13H2,1H3,(H,28,29,31). The Kier molecular flexibility index (Phi) is 6.65. The van der Waals surface area contributed by atoms with Crippen LogP contribution in [-0.4, -0.2) is 50.8 Å². The molecule has 0 unspecified atom stereocenters. The summed E-state index contributed by atoms with van der Waals surface area (Å²) in [4.78, 5) is 29.6. The quantitative estimate of drug-likeness (QED) is 0.484. The Morgan fingerprint density at radius 1 is 1.06 bits per heavy atom. The molecule has 1 saturated carbocycles. The van der Waals surface area contributed by atoms with Crippen molar-refractivity contribution in [2.45, 2.75) is 55.9 Å². The minimum atomic E-state index is -0.0209. The summed E-state index contributed by atoms with van der Waals surface area (Å²) in [5.41, 5.74) is 3.76. The van der Waals surface area contributed by atoms with Gasteiger partial charge in [0.15, 0.2) is 5.82 Å². The van der Waals surface area contributed by atoms with Gasteiger partial charge in [-0.05, 0) is 43.4 Å². The van der Waals surface area contributed by atoms with Gasteiger partial charge in [-0.3, -0.25) is 9.78 Å². The summed E-state index contributed by atoms with van der Waals surface area (Å²) in [5, 5.41) is 10.9. The number of nitrogens with one attached hydrogen (secondary N) is 3. The summed E-state index contributed by atoms with van der Waals surface area (Å²) in [6, 6.07) is 6.74. The van der Waals surface area contributed by atoms with Gasteiger partial charge in [0.1, 0.15) is 5.03 Å². The fourth-order valence-electron chi connectivity index (χ4n) is 4.31. The van der Waals surface area contributed by atoms with E-state index in [2.05, 4.69) is 35.9 Å². The average molecular weight is 466 g/mol. The van der Waals surface area contributed by atoms with Crippen LogP contribution in [0.25, 0.3) is 11.0 Å². The highest BCUT2D eigenvalue weighted by molar-refractivity contribution is 8.00. The number of hydrogen-bond acceptors (Lipinski definition) is 9. The summed E-state index contributed by atoms with van der Waals surface area (Å²) in [6.07, 6.45) is 8.06. The van der Waals surface area contributed by atoms with E-state index in [0.717, 1.165) is 59.5 Å². The second-order valence-electron chi connectivity index (χ2n) is 8.35. The number of pyridine rings is 2. The van der Waals surface area contributed by atoms with Crippen LogP contribution in [0, 0.1) is 0 Å². The third-order valence-corrected chi connectivity index (χ3v) is 7.10. The van der Waals surface area contributed by atoms with Crippen LogP contribution >= 0.6 is 11.8 Å². The van der Waals surface area contributed by atoms with Crippen molar-refractivity contribution < 1.29 is 9.53 Å². The van der Waals surface area contributed by atoms with Crippen molar-refractivity contribution in [1.29, 1.82) is 0 Å². The largest absolute Gasteiger partial charge is 0.481 e. The molecule has 172 valence electrons. The van der Waals surface area contributed by atoms with E-state index >= 15 is 0 Å². The Bertz CT molecular complexity index is 1150. The summed E-state index contributed by atoms with van der Waals surface area (Å²) in [5.74, 6) is 1.57. The number of carbonyl (C=O) groups excluding carboxylic acids is 1. The van der Waals surface area contributed by atoms with Gasteiger partial charge in [-0.1, -0.05) is 11.8 Å². The molecule has 4 heterocycles. The third kappa shape index (κ3) is 5.23. The second-order valence-corrected chi connectivity index (χ2v) is 9.32. The monoisotopic (exact) mass is 465 g/mol. The molecule has 1 fully saturated rings. The first-order valence-corrected chi connectivity index (χ1v) is 12.2. The van der Waals surface area contributed by atoms with E-state index in [1.54, 1.807) is 13.3 Å². The topological polar surface area (TPSA) is 114 Å². The maximum absolute atomic E-state index is 11.6. The first-order chi connectivity index (χ1) is 16.2. The molecule has 9 nitrogen and oxygen atoms in total. The maximum Gasteiger partial charge on any atom is 0.236 e. The highest BCUT2D eigenvalue weighted by Gasteiger charge is 2.22. The number of ether oxygens (including phenoxy) is 1. The van der Waals surface area contributed by atoms with Gasteiger partial charge in [0, 0.05) is 37.4 Å². The van der Waals surface area contributed by atoms with Gasteiger partial charge < -0.3 is 20.7 Å². The van der Waals surface area contributed by atoms with Crippen molar-refractivity contribution in [2.24, 2.45) is 0 Å². The molecule has 1 aliphatic heterocycles. The van der Waals surface area contributed by atoms with E-state index in [0.29, 0.717) is 36.1 Å². The number of fused-ring (bicyclic) bond motifs is 2. The molecule has 0 saturated heterocycles. The number of nitrogens with zero attached hydrogens (tertiary/aromatic N) is 4. The smallest absolute Gasteiger partial charge is 0.236 e. The SMILES string of the molecule is COc1ccc2nccc(CNC3CCC(NCc4cnc5c(n4)NC(=O)CS5)CC3)c2n1. The van der Waals surface area contributed by atoms with Crippen LogP contribution in [0.2, 0.25) is 0 Å². The number of amides is 1. The van der Waals surface area contributed by atoms with Crippen LogP contribution in [-0.2, 0) is 17.9 Å². The first kappa shape index (κ1) is 22.0. The number of aromatic nitrogens is 4. The number of methoxy groups -OCH3 is 1. The zero-order chi connectivity index (χ0) is 22.6. The molecule has 2 aliphatic rings. The van der Waals surface area contributed by atoms with Crippen LogP contribution in [0.3, 0.4) is 0 Å². The van der Waals surface area contributed by atoms with Gasteiger partial charge in [-0.25, -0.2) is 15.0 Å². The molecule has 0 radical (unpaired) electrons. The van der Waals surface area contributed by atoms with Crippen molar-refractivity contribution in [3.05, 3.63) is 41.9 Å². The van der Waals surface area contributed by atoms with E-state index in [1.807, 2.05) is 24.4 Å². The van der Waals surface area contributed by atoms with E-state index in [1.165, 1.54) is 11.8 Å². The Morgan fingerprint density at radius 2 is 1.85 bits per heavy atom. The second kappa shape index (κ2) is 9.98. The predicted octanol–water partition coefficient (Wildman–Crippen LogP) is 2.66. The van der Waals surface area contributed by atoms with Gasteiger partial charge >= 0.3 is 0 Å². The molecule has 33 heavy (non-hydrogen) atoms. The van der Waals surface area contributed by atoms with Gasteiger partial charge in [0.25, 0.3) is 0 Å². The molecule has 1 amide bonds. The van der Waals surface area contributed by atoms with Crippen molar-refractivity contribution in [1.82, 2.24) is 30.6 Å². The summed E-state index contributed by atoms with van der Waals surface area (Å²) < 4.78 is 5.28. The average Bonchev–Trinajstić information content (AvgIpc) is 2.86. The molecule has 3 N–H and O–H groups in total. The number of rotatable bonds is 7. The summed E-state index contributed by atoms with van der Waals surface area (Å²) in [7, 11) is 1.63. The lowest BCUT2D eigenvalue weighted by molar-refractivity contribution is -0.113. The number of thioether (sulfide) groups is 1. The van der Waals surface area contributed by atoms with E-state index in [9.17, 15) is 4.79 Å².